The Labute approximate surface area is 95.7 Å². The molecule has 0 saturated carbocycles. The number of nitrogens with two attached hydrogens (primary N) is 1. The number of hydrogen-bond acceptors (Lipinski definition) is 2. The molecule has 16 heavy (non-hydrogen) atoms. The molecule has 1 aromatic carbocycles. The van der Waals surface area contributed by atoms with Gasteiger partial charge in [-0.1, -0.05) is 6.07 Å². The van der Waals surface area contributed by atoms with Gasteiger partial charge < -0.3 is 5.73 Å². The van der Waals surface area contributed by atoms with Crippen molar-refractivity contribution in [2.45, 2.75) is 27.3 Å². The van der Waals surface area contributed by atoms with Crippen LogP contribution in [-0.4, -0.2) is 10.2 Å². The van der Waals surface area contributed by atoms with Crippen LogP contribution in [0, 0.1) is 20.8 Å². The fourth-order valence-electron chi connectivity index (χ4n) is 1.84. The van der Waals surface area contributed by atoms with Crippen molar-refractivity contribution in [3.8, 4) is 11.3 Å². The third-order valence-electron chi connectivity index (χ3n) is 2.97. The predicted octanol–water partition coefficient (Wildman–Crippen LogP) is 2.46. The summed E-state index contributed by atoms with van der Waals surface area (Å²) in [6.07, 6.45) is 0. The van der Waals surface area contributed by atoms with E-state index < -0.39 is 0 Å². The lowest BCUT2D eigenvalue weighted by Crippen LogP contribution is -1.95. The Morgan fingerprint density at radius 3 is 2.38 bits per heavy atom. The largest absolute Gasteiger partial charge is 0.325 e. The van der Waals surface area contributed by atoms with Crippen molar-refractivity contribution in [2.75, 3.05) is 0 Å². The number of aromatic amines is 1. The fraction of sp³-hybridized carbons (Fsp3) is 0.308. The minimum atomic E-state index is 0.497. The molecule has 0 unspecified atom stereocenters. The van der Waals surface area contributed by atoms with Gasteiger partial charge in [0.15, 0.2) is 0 Å². The molecule has 84 valence electrons. The van der Waals surface area contributed by atoms with E-state index in [9.17, 15) is 0 Å². The van der Waals surface area contributed by atoms with Gasteiger partial charge >= 0.3 is 0 Å². The molecule has 0 fully saturated rings. The van der Waals surface area contributed by atoms with Gasteiger partial charge in [-0.05, 0) is 49.6 Å². The van der Waals surface area contributed by atoms with Gasteiger partial charge in [0.25, 0.3) is 0 Å². The molecule has 0 radical (unpaired) electrons. The summed E-state index contributed by atoms with van der Waals surface area (Å²) in [7, 11) is 0. The molecule has 0 saturated heterocycles. The topological polar surface area (TPSA) is 54.7 Å². The quantitative estimate of drug-likeness (QED) is 0.808. The average molecular weight is 215 g/mol. The minimum absolute atomic E-state index is 0.497. The summed E-state index contributed by atoms with van der Waals surface area (Å²) >= 11 is 0. The van der Waals surface area contributed by atoms with E-state index in [1.165, 1.54) is 22.3 Å². The molecule has 3 nitrogen and oxygen atoms in total. The molecular formula is C13H17N3. The highest BCUT2D eigenvalue weighted by atomic mass is 15.1. The van der Waals surface area contributed by atoms with Crippen molar-refractivity contribution in [2.24, 2.45) is 5.73 Å². The zero-order valence-electron chi connectivity index (χ0n) is 9.96. The summed E-state index contributed by atoms with van der Waals surface area (Å²) in [5.41, 5.74) is 12.5. The standard InChI is InChI=1S/C13H17N3/c1-8-4-10(3)12(5-9(8)2)13-6-11(7-14)15-16-13/h4-6H,7,14H2,1-3H3,(H,15,16). The maximum absolute atomic E-state index is 5.56. The van der Waals surface area contributed by atoms with Crippen LogP contribution in [0.15, 0.2) is 18.2 Å². The van der Waals surface area contributed by atoms with Gasteiger partial charge in [-0.3, -0.25) is 5.10 Å². The lowest BCUT2D eigenvalue weighted by atomic mass is 9.99. The third kappa shape index (κ3) is 1.86. The second kappa shape index (κ2) is 4.10. The highest BCUT2D eigenvalue weighted by Crippen LogP contribution is 2.25. The van der Waals surface area contributed by atoms with Crippen LogP contribution in [0.5, 0.6) is 0 Å². The molecule has 2 aromatic rings. The second-order valence-corrected chi connectivity index (χ2v) is 4.23. The Morgan fingerprint density at radius 1 is 1.06 bits per heavy atom. The van der Waals surface area contributed by atoms with Gasteiger partial charge in [-0.25, -0.2) is 0 Å². The van der Waals surface area contributed by atoms with E-state index in [1.54, 1.807) is 0 Å². The van der Waals surface area contributed by atoms with Crippen LogP contribution in [0.2, 0.25) is 0 Å². The molecule has 0 atom stereocenters. The van der Waals surface area contributed by atoms with Gasteiger partial charge in [0.2, 0.25) is 0 Å². The van der Waals surface area contributed by atoms with Crippen LogP contribution in [0.25, 0.3) is 11.3 Å². The summed E-state index contributed by atoms with van der Waals surface area (Å²) in [4.78, 5) is 0. The van der Waals surface area contributed by atoms with Gasteiger partial charge in [0, 0.05) is 17.8 Å². The highest BCUT2D eigenvalue weighted by molar-refractivity contribution is 5.65. The monoisotopic (exact) mass is 215 g/mol. The lowest BCUT2D eigenvalue weighted by Gasteiger charge is -2.07. The van der Waals surface area contributed by atoms with Gasteiger partial charge in [0.1, 0.15) is 0 Å². The number of nitrogens with zero attached hydrogens (tertiary/aromatic N) is 1. The second-order valence-electron chi connectivity index (χ2n) is 4.23. The molecule has 0 aliphatic rings. The van der Waals surface area contributed by atoms with E-state index in [4.69, 9.17) is 5.73 Å². The van der Waals surface area contributed by atoms with Crippen LogP contribution in [0.4, 0.5) is 0 Å². The van der Waals surface area contributed by atoms with E-state index in [1.807, 2.05) is 6.07 Å². The molecule has 0 bridgehead atoms. The zero-order valence-corrected chi connectivity index (χ0v) is 9.96. The number of aromatic nitrogens is 2. The first-order valence-electron chi connectivity index (χ1n) is 5.44. The molecule has 0 amide bonds. The lowest BCUT2D eigenvalue weighted by molar-refractivity contribution is 0.948. The Bertz CT molecular complexity index is 512. The van der Waals surface area contributed by atoms with Crippen molar-refractivity contribution in [1.29, 1.82) is 0 Å². The minimum Gasteiger partial charge on any atom is -0.325 e. The van der Waals surface area contributed by atoms with E-state index >= 15 is 0 Å². The summed E-state index contributed by atoms with van der Waals surface area (Å²) in [6, 6.07) is 6.39. The summed E-state index contributed by atoms with van der Waals surface area (Å²) in [5, 5.41) is 7.22. The smallest absolute Gasteiger partial charge is 0.0926 e. The number of H-pyrrole nitrogens is 1. The van der Waals surface area contributed by atoms with E-state index in [0.717, 1.165) is 11.4 Å². The number of hydrogen-bond donors (Lipinski definition) is 2. The van der Waals surface area contributed by atoms with Gasteiger partial charge in [-0.2, -0.15) is 5.10 Å². The molecule has 0 aliphatic heterocycles. The maximum atomic E-state index is 5.56. The summed E-state index contributed by atoms with van der Waals surface area (Å²) in [5.74, 6) is 0. The number of rotatable bonds is 2. The van der Waals surface area contributed by atoms with Crippen molar-refractivity contribution in [1.82, 2.24) is 10.2 Å². The van der Waals surface area contributed by atoms with Crippen molar-refractivity contribution in [3.63, 3.8) is 0 Å². The zero-order chi connectivity index (χ0) is 11.7. The van der Waals surface area contributed by atoms with E-state index in [-0.39, 0.29) is 0 Å². The van der Waals surface area contributed by atoms with Crippen molar-refractivity contribution in [3.05, 3.63) is 40.6 Å². The summed E-state index contributed by atoms with van der Waals surface area (Å²) in [6.45, 7) is 6.85. The van der Waals surface area contributed by atoms with Crippen LogP contribution < -0.4 is 5.73 Å². The van der Waals surface area contributed by atoms with E-state index in [2.05, 4.69) is 43.1 Å². The van der Waals surface area contributed by atoms with Crippen LogP contribution in [0.1, 0.15) is 22.4 Å². The normalized spacial score (nSPS) is 10.8. The number of nitrogens with one attached hydrogen (secondary N) is 1. The number of aryl methyl sites for hydroxylation is 3. The highest BCUT2D eigenvalue weighted by Gasteiger charge is 2.07. The van der Waals surface area contributed by atoms with Gasteiger partial charge in [-0.15, -0.1) is 0 Å². The average Bonchev–Trinajstić information content (AvgIpc) is 2.71. The van der Waals surface area contributed by atoms with Crippen LogP contribution in [0.3, 0.4) is 0 Å². The molecular weight excluding hydrogens is 198 g/mol. The third-order valence-corrected chi connectivity index (χ3v) is 2.97. The first-order chi connectivity index (χ1) is 7.61. The Balaban J connectivity index is 2.51. The molecule has 1 aromatic heterocycles. The SMILES string of the molecule is Cc1cc(C)c(-c2cc(CN)[nH]n2)cc1C. The molecule has 3 N–H and O–H groups in total. The molecule has 0 spiro atoms. The first-order valence-corrected chi connectivity index (χ1v) is 5.44. The Morgan fingerprint density at radius 2 is 1.75 bits per heavy atom. The van der Waals surface area contributed by atoms with Crippen LogP contribution >= 0.6 is 0 Å². The Kier molecular flexibility index (Phi) is 2.79. The fourth-order valence-corrected chi connectivity index (χ4v) is 1.84. The van der Waals surface area contributed by atoms with Gasteiger partial charge in [0.05, 0.1) is 5.69 Å². The van der Waals surface area contributed by atoms with Crippen molar-refractivity contribution >= 4 is 0 Å². The number of benzene rings is 1. The molecule has 3 heteroatoms. The van der Waals surface area contributed by atoms with Crippen molar-refractivity contribution < 1.29 is 0 Å². The predicted molar refractivity (Wildman–Crippen MR) is 66.1 cm³/mol. The Hall–Kier alpha value is -1.61. The molecule has 2 rings (SSSR count). The van der Waals surface area contributed by atoms with E-state index in [0.29, 0.717) is 6.54 Å². The molecule has 0 aliphatic carbocycles. The summed E-state index contributed by atoms with van der Waals surface area (Å²) < 4.78 is 0. The first kappa shape index (κ1) is 10.9. The van der Waals surface area contributed by atoms with Crippen LogP contribution in [-0.2, 0) is 6.54 Å². The molecule has 1 heterocycles. The maximum Gasteiger partial charge on any atom is 0.0926 e.